The summed E-state index contributed by atoms with van der Waals surface area (Å²) in [5.74, 6) is 0.364. The molecule has 2 amide bonds. The van der Waals surface area contributed by atoms with E-state index in [1.807, 2.05) is 4.90 Å². The van der Waals surface area contributed by atoms with Crippen LogP contribution in [0.3, 0.4) is 0 Å². The van der Waals surface area contributed by atoms with Gasteiger partial charge in [0.1, 0.15) is 0 Å². The van der Waals surface area contributed by atoms with E-state index in [9.17, 15) is 9.59 Å². The molecule has 0 N–H and O–H groups in total. The lowest BCUT2D eigenvalue weighted by Crippen LogP contribution is -2.47. The van der Waals surface area contributed by atoms with Gasteiger partial charge in [0.05, 0.1) is 12.6 Å². The van der Waals surface area contributed by atoms with Gasteiger partial charge < -0.3 is 9.80 Å². The number of rotatable bonds is 6. The van der Waals surface area contributed by atoms with Crippen LogP contribution < -0.4 is 0 Å². The molecule has 1 fully saturated rings. The second-order valence-corrected chi connectivity index (χ2v) is 10.9. The molecule has 1 aliphatic heterocycles. The normalized spacial score (nSPS) is 18.6. The fourth-order valence-corrected chi connectivity index (χ4v) is 5.39. The summed E-state index contributed by atoms with van der Waals surface area (Å²) in [5, 5.41) is 2.13. The predicted molar refractivity (Wildman–Crippen MR) is 126 cm³/mol. The maximum atomic E-state index is 13.5. The molecule has 2 heterocycles. The molecule has 4 nitrogen and oxygen atoms in total. The first-order chi connectivity index (χ1) is 14.8. The Kier molecular flexibility index (Phi) is 6.25. The van der Waals surface area contributed by atoms with Crippen LogP contribution in [0.2, 0.25) is 0 Å². The minimum absolute atomic E-state index is 0.0594. The highest BCUT2D eigenvalue weighted by atomic mass is 32.1. The fraction of sp³-hybridized carbons (Fsp3) is 0.538. The molecular formula is C26H34N2O2S. The summed E-state index contributed by atoms with van der Waals surface area (Å²) in [5.41, 5.74) is 3.78. The molecule has 4 rings (SSSR count). The van der Waals surface area contributed by atoms with E-state index in [0.29, 0.717) is 13.1 Å². The van der Waals surface area contributed by atoms with Gasteiger partial charge >= 0.3 is 0 Å². The van der Waals surface area contributed by atoms with E-state index in [1.165, 1.54) is 16.0 Å². The summed E-state index contributed by atoms with van der Waals surface area (Å²) in [6.07, 6.45) is 3.70. The van der Waals surface area contributed by atoms with Gasteiger partial charge in [-0.25, -0.2) is 0 Å². The average Bonchev–Trinajstić information content (AvgIpc) is 3.48. The molecular weight excluding hydrogens is 404 g/mol. The number of hydrogen-bond donors (Lipinski definition) is 0. The molecule has 1 saturated carbocycles. The third-order valence-electron chi connectivity index (χ3n) is 6.44. The number of hydrogen-bond acceptors (Lipinski definition) is 3. The molecule has 0 saturated heterocycles. The Morgan fingerprint density at radius 2 is 1.84 bits per heavy atom. The van der Waals surface area contributed by atoms with E-state index >= 15 is 0 Å². The van der Waals surface area contributed by atoms with Crippen LogP contribution in [0.15, 0.2) is 35.7 Å². The molecule has 2 aromatic rings. The molecule has 1 aromatic carbocycles. The van der Waals surface area contributed by atoms with Crippen molar-refractivity contribution in [2.75, 3.05) is 19.6 Å². The summed E-state index contributed by atoms with van der Waals surface area (Å²) in [6, 6.07) is 10.8. The highest BCUT2D eigenvalue weighted by molar-refractivity contribution is 7.10. The molecule has 1 aromatic heterocycles. The van der Waals surface area contributed by atoms with Gasteiger partial charge in [0.15, 0.2) is 0 Å². The number of thiophene rings is 1. The van der Waals surface area contributed by atoms with E-state index in [1.54, 1.807) is 16.2 Å². The first-order valence-electron chi connectivity index (χ1n) is 11.5. The van der Waals surface area contributed by atoms with Crippen molar-refractivity contribution >= 4 is 23.2 Å². The molecule has 1 aliphatic carbocycles. The summed E-state index contributed by atoms with van der Waals surface area (Å²) >= 11 is 1.78. The van der Waals surface area contributed by atoms with Crippen molar-refractivity contribution in [3.05, 3.63) is 57.3 Å². The molecule has 0 spiro atoms. The average molecular weight is 439 g/mol. The maximum Gasteiger partial charge on any atom is 0.242 e. The van der Waals surface area contributed by atoms with Crippen molar-refractivity contribution in [1.29, 1.82) is 0 Å². The minimum Gasteiger partial charge on any atom is -0.333 e. The smallest absolute Gasteiger partial charge is 0.242 e. The summed E-state index contributed by atoms with van der Waals surface area (Å²) < 4.78 is 0. The monoisotopic (exact) mass is 438 g/mol. The van der Waals surface area contributed by atoms with Gasteiger partial charge in [-0.15, -0.1) is 11.3 Å². The predicted octanol–water partition coefficient (Wildman–Crippen LogP) is 5.17. The third kappa shape index (κ3) is 4.72. The first-order valence-corrected chi connectivity index (χ1v) is 12.4. The van der Waals surface area contributed by atoms with E-state index < -0.39 is 0 Å². The molecule has 1 unspecified atom stereocenters. The minimum atomic E-state index is -0.0731. The van der Waals surface area contributed by atoms with Crippen LogP contribution in [0.25, 0.3) is 0 Å². The Balaban J connectivity index is 1.61. The Hall–Kier alpha value is -2.14. The second-order valence-electron chi connectivity index (χ2n) is 9.94. The summed E-state index contributed by atoms with van der Waals surface area (Å²) in [7, 11) is 0. The largest absolute Gasteiger partial charge is 0.333 e. The number of benzene rings is 1. The summed E-state index contributed by atoms with van der Waals surface area (Å²) in [4.78, 5) is 31.4. The zero-order valence-electron chi connectivity index (χ0n) is 19.2. The Labute approximate surface area is 190 Å². The van der Waals surface area contributed by atoms with Crippen LogP contribution >= 0.6 is 11.3 Å². The molecule has 31 heavy (non-hydrogen) atoms. The van der Waals surface area contributed by atoms with Gasteiger partial charge in [-0.3, -0.25) is 9.59 Å². The van der Waals surface area contributed by atoms with Crippen molar-refractivity contribution in [3.63, 3.8) is 0 Å². The maximum absolute atomic E-state index is 13.5. The van der Waals surface area contributed by atoms with Crippen molar-refractivity contribution in [2.24, 2.45) is 5.92 Å². The fourth-order valence-electron chi connectivity index (χ4n) is 4.49. The van der Waals surface area contributed by atoms with Crippen LogP contribution in [0.4, 0.5) is 0 Å². The Bertz CT molecular complexity index is 937. The molecule has 1 atom stereocenters. The Morgan fingerprint density at radius 1 is 1.13 bits per heavy atom. The zero-order chi connectivity index (χ0) is 22.2. The highest BCUT2D eigenvalue weighted by Gasteiger charge is 2.37. The van der Waals surface area contributed by atoms with Crippen LogP contribution in [0, 0.1) is 5.92 Å². The van der Waals surface area contributed by atoms with E-state index in [4.69, 9.17) is 0 Å². The van der Waals surface area contributed by atoms with Crippen LogP contribution in [0.1, 0.15) is 74.6 Å². The van der Waals surface area contributed by atoms with Gasteiger partial charge in [-0.05, 0) is 59.2 Å². The van der Waals surface area contributed by atoms with Gasteiger partial charge in [-0.1, -0.05) is 52.0 Å². The number of carbonyl (C=O) groups is 2. The molecule has 2 aliphatic rings. The molecule has 0 radical (unpaired) electrons. The van der Waals surface area contributed by atoms with Crippen LogP contribution in [0.5, 0.6) is 0 Å². The number of carbonyl (C=O) groups excluding carboxylic acids is 2. The molecule has 5 heteroatoms. The van der Waals surface area contributed by atoms with Gasteiger partial charge in [0, 0.05) is 23.9 Å². The Morgan fingerprint density at radius 3 is 2.45 bits per heavy atom. The lowest BCUT2D eigenvalue weighted by molar-refractivity contribution is -0.142. The van der Waals surface area contributed by atoms with Gasteiger partial charge in [0.2, 0.25) is 11.8 Å². The van der Waals surface area contributed by atoms with E-state index in [0.717, 1.165) is 31.2 Å². The van der Waals surface area contributed by atoms with Crippen molar-refractivity contribution in [1.82, 2.24) is 9.80 Å². The first kappa shape index (κ1) is 22.1. The summed E-state index contributed by atoms with van der Waals surface area (Å²) in [6.45, 7) is 10.3. The number of nitrogens with zero attached hydrogens (tertiary/aromatic N) is 2. The lowest BCUT2D eigenvalue weighted by atomic mass is 9.85. The quantitative estimate of drug-likeness (QED) is 0.624. The van der Waals surface area contributed by atoms with Crippen molar-refractivity contribution in [3.8, 4) is 0 Å². The van der Waals surface area contributed by atoms with Crippen molar-refractivity contribution in [2.45, 2.75) is 64.8 Å². The van der Waals surface area contributed by atoms with E-state index in [-0.39, 0.29) is 35.7 Å². The third-order valence-corrected chi connectivity index (χ3v) is 7.43. The van der Waals surface area contributed by atoms with Crippen molar-refractivity contribution < 1.29 is 9.59 Å². The van der Waals surface area contributed by atoms with Crippen LogP contribution in [-0.2, 0) is 21.4 Å². The lowest BCUT2D eigenvalue weighted by Gasteiger charge is -2.38. The van der Waals surface area contributed by atoms with Crippen LogP contribution in [-0.4, -0.2) is 41.2 Å². The standard InChI is InChI=1S/C26H34N2O2S/c1-5-14-27(25(30)19-6-7-19)17-23(29)28-15-12-22-21(13-16-31-22)24(28)18-8-10-20(11-9-18)26(2,3)4/h8-11,13,16,19,24H,5-7,12,14-15,17H2,1-4H3. The van der Waals surface area contributed by atoms with E-state index in [2.05, 4.69) is 63.4 Å². The second kappa shape index (κ2) is 8.78. The molecule has 166 valence electrons. The van der Waals surface area contributed by atoms with Gasteiger partial charge in [0.25, 0.3) is 0 Å². The molecule has 0 bridgehead atoms. The number of amides is 2. The zero-order valence-corrected chi connectivity index (χ0v) is 20.0. The highest BCUT2D eigenvalue weighted by Crippen LogP contribution is 2.39. The topological polar surface area (TPSA) is 40.6 Å². The SMILES string of the molecule is CCCN(CC(=O)N1CCc2sccc2C1c1ccc(C(C)(C)C)cc1)C(=O)C1CC1. The van der Waals surface area contributed by atoms with Gasteiger partial charge in [-0.2, -0.15) is 0 Å². The number of fused-ring (bicyclic) bond motifs is 1.